The zero-order valence-electron chi connectivity index (χ0n) is 15.3. The van der Waals surface area contributed by atoms with E-state index in [1.807, 2.05) is 55.5 Å². The maximum atomic E-state index is 12.7. The first-order valence-corrected chi connectivity index (χ1v) is 9.09. The van der Waals surface area contributed by atoms with Gasteiger partial charge in [-0.3, -0.25) is 4.79 Å². The van der Waals surface area contributed by atoms with Gasteiger partial charge in [-0.1, -0.05) is 12.1 Å². The van der Waals surface area contributed by atoms with Crippen molar-refractivity contribution < 1.29 is 14.3 Å². The summed E-state index contributed by atoms with van der Waals surface area (Å²) in [5, 5.41) is 2.95. The van der Waals surface area contributed by atoms with E-state index in [2.05, 4.69) is 10.2 Å². The zero-order valence-corrected chi connectivity index (χ0v) is 15.3. The minimum atomic E-state index is -0.164. The molecule has 138 valence electrons. The van der Waals surface area contributed by atoms with E-state index in [1.165, 1.54) is 0 Å². The van der Waals surface area contributed by atoms with Gasteiger partial charge in [0.1, 0.15) is 5.75 Å². The molecule has 0 unspecified atom stereocenters. The van der Waals surface area contributed by atoms with Crippen LogP contribution in [0.15, 0.2) is 60.4 Å². The number of nitrogens with one attached hydrogen (secondary N) is 1. The fourth-order valence-electron chi connectivity index (χ4n) is 3.18. The molecule has 0 radical (unpaired) electrons. The van der Waals surface area contributed by atoms with Crippen LogP contribution in [-0.2, 0) is 9.53 Å². The van der Waals surface area contributed by atoms with Gasteiger partial charge in [0.2, 0.25) is 0 Å². The normalized spacial score (nSPS) is 16.0. The van der Waals surface area contributed by atoms with Gasteiger partial charge in [0.15, 0.2) is 0 Å². The van der Waals surface area contributed by atoms with Gasteiger partial charge in [-0.05, 0) is 55.0 Å². The van der Waals surface area contributed by atoms with Gasteiger partial charge in [0.05, 0.1) is 19.5 Å². The molecule has 0 saturated carbocycles. The summed E-state index contributed by atoms with van der Waals surface area (Å²) in [5.74, 6) is 0.589. The van der Waals surface area contributed by atoms with Crippen molar-refractivity contribution in [3.63, 3.8) is 0 Å². The third kappa shape index (κ3) is 4.04. The van der Waals surface area contributed by atoms with Crippen molar-refractivity contribution in [2.75, 3.05) is 36.5 Å². The molecule has 0 bridgehead atoms. The van der Waals surface area contributed by atoms with Crippen molar-refractivity contribution in [1.82, 2.24) is 0 Å². The quantitative estimate of drug-likeness (QED) is 0.903. The first kappa shape index (κ1) is 17.4. The second-order valence-corrected chi connectivity index (χ2v) is 6.66. The summed E-state index contributed by atoms with van der Waals surface area (Å²) in [6.45, 7) is 5.30. The molecule has 0 atom stereocenters. The Morgan fingerprint density at radius 2 is 1.85 bits per heavy atom. The standard InChI is InChI=1S/C22H22N2O3/c1-16-2-3-17-15-18(8-11-27-21(17)14-16)22(25)23-19-4-6-20(7-5-19)24-9-12-26-13-10-24/h2-8,11,14-15H,9-10,12-13H2,1H3,(H,23,25). The number of morpholine rings is 1. The molecule has 1 N–H and O–H groups in total. The van der Waals surface area contributed by atoms with E-state index in [9.17, 15) is 4.79 Å². The Balaban J connectivity index is 1.47. The van der Waals surface area contributed by atoms with E-state index >= 15 is 0 Å². The van der Waals surface area contributed by atoms with Gasteiger partial charge < -0.3 is 19.7 Å². The Hall–Kier alpha value is -3.05. The molecule has 2 aromatic rings. The number of ether oxygens (including phenoxy) is 2. The lowest BCUT2D eigenvalue weighted by molar-refractivity contribution is -0.112. The van der Waals surface area contributed by atoms with E-state index in [1.54, 1.807) is 12.3 Å². The summed E-state index contributed by atoms with van der Waals surface area (Å²) < 4.78 is 11.0. The summed E-state index contributed by atoms with van der Waals surface area (Å²) >= 11 is 0. The molecule has 2 aromatic carbocycles. The highest BCUT2D eigenvalue weighted by Gasteiger charge is 2.14. The number of carbonyl (C=O) groups is 1. The molecule has 0 aliphatic carbocycles. The topological polar surface area (TPSA) is 50.8 Å². The average Bonchev–Trinajstić information content (AvgIpc) is 2.91. The lowest BCUT2D eigenvalue weighted by atomic mass is 10.1. The Labute approximate surface area is 158 Å². The van der Waals surface area contributed by atoms with E-state index in [0.717, 1.165) is 54.6 Å². The molecule has 2 aliphatic heterocycles. The Morgan fingerprint density at radius 3 is 2.63 bits per heavy atom. The number of rotatable bonds is 3. The Kier molecular flexibility index (Phi) is 4.94. The van der Waals surface area contributed by atoms with Crippen LogP contribution < -0.4 is 15.0 Å². The van der Waals surface area contributed by atoms with Crippen LogP contribution in [-0.4, -0.2) is 32.2 Å². The highest BCUT2D eigenvalue weighted by Crippen LogP contribution is 2.26. The summed E-state index contributed by atoms with van der Waals surface area (Å²) in [6.07, 6.45) is 5.08. The SMILES string of the molecule is Cc1ccc2c(c1)OC=CC(C(=O)Nc1ccc(N3CCOCC3)cc1)=C2. The van der Waals surface area contributed by atoms with Crippen LogP contribution in [0.1, 0.15) is 11.1 Å². The van der Waals surface area contributed by atoms with Crippen molar-refractivity contribution in [3.8, 4) is 5.75 Å². The summed E-state index contributed by atoms with van der Waals surface area (Å²) in [6, 6.07) is 13.8. The number of nitrogens with zero attached hydrogens (tertiary/aromatic N) is 1. The van der Waals surface area contributed by atoms with Gasteiger partial charge >= 0.3 is 0 Å². The molecule has 5 heteroatoms. The maximum absolute atomic E-state index is 12.7. The predicted molar refractivity (Wildman–Crippen MR) is 107 cm³/mol. The molecule has 1 fully saturated rings. The fraction of sp³-hybridized carbons (Fsp3) is 0.227. The van der Waals surface area contributed by atoms with Crippen molar-refractivity contribution in [1.29, 1.82) is 0 Å². The first-order valence-electron chi connectivity index (χ1n) is 9.09. The van der Waals surface area contributed by atoms with Crippen LogP contribution in [0.3, 0.4) is 0 Å². The Bertz CT molecular complexity index is 894. The number of benzene rings is 2. The van der Waals surface area contributed by atoms with Crippen molar-refractivity contribution in [2.45, 2.75) is 6.92 Å². The van der Waals surface area contributed by atoms with Crippen LogP contribution in [0.5, 0.6) is 5.75 Å². The van der Waals surface area contributed by atoms with E-state index in [4.69, 9.17) is 9.47 Å². The molecule has 0 spiro atoms. The summed E-state index contributed by atoms with van der Waals surface area (Å²) in [4.78, 5) is 15.0. The van der Waals surface area contributed by atoms with E-state index < -0.39 is 0 Å². The molecule has 5 nitrogen and oxygen atoms in total. The number of hydrogen-bond donors (Lipinski definition) is 1. The molecule has 1 amide bonds. The largest absolute Gasteiger partial charge is 0.464 e. The van der Waals surface area contributed by atoms with Crippen LogP contribution in [0.2, 0.25) is 0 Å². The molecule has 27 heavy (non-hydrogen) atoms. The molecule has 1 saturated heterocycles. The minimum Gasteiger partial charge on any atom is -0.464 e. The van der Waals surface area contributed by atoms with Crippen molar-refractivity contribution >= 4 is 23.4 Å². The van der Waals surface area contributed by atoms with Gasteiger partial charge in [-0.2, -0.15) is 0 Å². The average molecular weight is 362 g/mol. The first-order chi connectivity index (χ1) is 13.2. The predicted octanol–water partition coefficient (Wildman–Crippen LogP) is 3.76. The number of carbonyl (C=O) groups excluding carboxylic acids is 1. The number of fused-ring (bicyclic) bond motifs is 1. The van der Waals surface area contributed by atoms with Crippen LogP contribution in [0, 0.1) is 6.92 Å². The van der Waals surface area contributed by atoms with E-state index in [0.29, 0.717) is 5.57 Å². The zero-order chi connectivity index (χ0) is 18.6. The van der Waals surface area contributed by atoms with Crippen LogP contribution >= 0.6 is 0 Å². The van der Waals surface area contributed by atoms with Gasteiger partial charge in [-0.25, -0.2) is 0 Å². The third-order valence-electron chi connectivity index (χ3n) is 4.69. The fourth-order valence-corrected chi connectivity index (χ4v) is 3.18. The van der Waals surface area contributed by atoms with Gasteiger partial charge in [-0.15, -0.1) is 0 Å². The van der Waals surface area contributed by atoms with Crippen molar-refractivity contribution in [2.24, 2.45) is 0 Å². The summed E-state index contributed by atoms with van der Waals surface area (Å²) in [7, 11) is 0. The second-order valence-electron chi connectivity index (χ2n) is 6.66. The lowest BCUT2D eigenvalue weighted by Crippen LogP contribution is -2.36. The molecule has 2 heterocycles. The highest BCUT2D eigenvalue weighted by molar-refractivity contribution is 6.09. The monoisotopic (exact) mass is 362 g/mol. The third-order valence-corrected chi connectivity index (χ3v) is 4.69. The molecule has 4 rings (SSSR count). The molecular weight excluding hydrogens is 340 g/mol. The van der Waals surface area contributed by atoms with Gasteiger partial charge in [0, 0.05) is 35.6 Å². The number of hydrogen-bond acceptors (Lipinski definition) is 4. The van der Waals surface area contributed by atoms with Crippen LogP contribution in [0.4, 0.5) is 11.4 Å². The van der Waals surface area contributed by atoms with E-state index in [-0.39, 0.29) is 5.91 Å². The maximum Gasteiger partial charge on any atom is 0.255 e. The second kappa shape index (κ2) is 7.68. The lowest BCUT2D eigenvalue weighted by Gasteiger charge is -2.28. The number of anilines is 2. The molecule has 2 aliphatic rings. The minimum absolute atomic E-state index is 0.164. The molecular formula is C22H22N2O3. The van der Waals surface area contributed by atoms with Crippen molar-refractivity contribution in [3.05, 3.63) is 71.5 Å². The smallest absolute Gasteiger partial charge is 0.255 e. The number of amides is 1. The highest BCUT2D eigenvalue weighted by atomic mass is 16.5. The number of aryl methyl sites for hydroxylation is 1. The Morgan fingerprint density at radius 1 is 1.07 bits per heavy atom. The van der Waals surface area contributed by atoms with Crippen LogP contribution in [0.25, 0.3) is 6.08 Å². The summed E-state index contributed by atoms with van der Waals surface area (Å²) in [5.41, 5.74) is 4.46. The molecule has 0 aromatic heterocycles. The van der Waals surface area contributed by atoms with Gasteiger partial charge in [0.25, 0.3) is 5.91 Å².